The van der Waals surface area contributed by atoms with Crippen molar-refractivity contribution in [1.29, 1.82) is 0 Å². The first-order valence-corrected chi connectivity index (χ1v) is 6.48. The number of hydrogen-bond acceptors (Lipinski definition) is 8. The molecule has 0 aromatic carbocycles. The molecule has 1 aromatic rings. The van der Waals surface area contributed by atoms with Gasteiger partial charge >= 0.3 is 5.69 Å². The normalized spacial score (nSPS) is 21.9. The summed E-state index contributed by atoms with van der Waals surface area (Å²) in [7, 11) is 0. The van der Waals surface area contributed by atoms with Gasteiger partial charge in [-0.1, -0.05) is 0 Å². The lowest BCUT2D eigenvalue weighted by Gasteiger charge is -2.37. The maximum Gasteiger partial charge on any atom is 0.329 e. The fourth-order valence-corrected chi connectivity index (χ4v) is 2.41. The standard InChI is InChI=1S/C11H17N7O3/c1-6-2-3-7(9(12)19)5-17(6)10-8(18(20)21)4-14-11(15-10)16-13/h4,6-7H,2-3,5,13H2,1H3,(H2,12,19)(H,14,15,16). The predicted octanol–water partition coefficient (Wildman–Crippen LogP) is -0.239. The Morgan fingerprint density at radius 3 is 2.86 bits per heavy atom. The third-order valence-corrected chi connectivity index (χ3v) is 3.63. The number of rotatable bonds is 4. The van der Waals surface area contributed by atoms with E-state index in [1.165, 1.54) is 0 Å². The zero-order valence-corrected chi connectivity index (χ0v) is 11.5. The molecule has 5 N–H and O–H groups in total. The fourth-order valence-electron chi connectivity index (χ4n) is 2.41. The quantitative estimate of drug-likeness (QED) is 0.390. The Hall–Kier alpha value is -2.49. The monoisotopic (exact) mass is 295 g/mol. The Kier molecular flexibility index (Phi) is 4.17. The van der Waals surface area contributed by atoms with Crippen molar-refractivity contribution in [3.8, 4) is 0 Å². The Bertz CT molecular complexity index is 565. The van der Waals surface area contributed by atoms with Gasteiger partial charge in [-0.3, -0.25) is 20.3 Å². The van der Waals surface area contributed by atoms with Gasteiger partial charge in [0.25, 0.3) is 0 Å². The van der Waals surface area contributed by atoms with E-state index in [4.69, 9.17) is 11.6 Å². The number of piperidine rings is 1. The minimum Gasteiger partial charge on any atom is -0.369 e. The molecule has 114 valence electrons. The van der Waals surface area contributed by atoms with E-state index in [0.29, 0.717) is 19.4 Å². The molecular weight excluding hydrogens is 278 g/mol. The average molecular weight is 295 g/mol. The van der Waals surface area contributed by atoms with Crippen LogP contribution >= 0.6 is 0 Å². The van der Waals surface area contributed by atoms with Crippen molar-refractivity contribution in [3.63, 3.8) is 0 Å². The Labute approximate surface area is 120 Å². The zero-order chi connectivity index (χ0) is 15.6. The van der Waals surface area contributed by atoms with Gasteiger partial charge < -0.3 is 10.6 Å². The van der Waals surface area contributed by atoms with Gasteiger partial charge in [0.1, 0.15) is 6.20 Å². The van der Waals surface area contributed by atoms with Crippen molar-refractivity contribution in [3.05, 3.63) is 16.3 Å². The lowest BCUT2D eigenvalue weighted by atomic mass is 9.93. The average Bonchev–Trinajstić information content (AvgIpc) is 2.46. The first-order valence-electron chi connectivity index (χ1n) is 6.48. The minimum absolute atomic E-state index is 0.000163. The molecule has 2 atom stereocenters. The molecule has 0 bridgehead atoms. The summed E-state index contributed by atoms with van der Waals surface area (Å²) in [5.74, 6) is 4.69. The van der Waals surface area contributed by atoms with Crippen LogP contribution in [0.3, 0.4) is 0 Å². The Balaban J connectivity index is 2.41. The molecule has 0 aliphatic carbocycles. The lowest BCUT2D eigenvalue weighted by Crippen LogP contribution is -2.46. The van der Waals surface area contributed by atoms with Gasteiger partial charge in [0, 0.05) is 12.6 Å². The Morgan fingerprint density at radius 2 is 2.29 bits per heavy atom. The number of nitrogen functional groups attached to an aromatic ring is 1. The van der Waals surface area contributed by atoms with E-state index in [9.17, 15) is 14.9 Å². The van der Waals surface area contributed by atoms with Crippen LogP contribution in [-0.4, -0.2) is 33.4 Å². The van der Waals surface area contributed by atoms with Crippen molar-refractivity contribution in [2.24, 2.45) is 17.5 Å². The van der Waals surface area contributed by atoms with Crippen molar-refractivity contribution in [2.75, 3.05) is 16.9 Å². The number of aromatic nitrogens is 2. The molecular formula is C11H17N7O3. The number of carbonyl (C=O) groups is 1. The van der Waals surface area contributed by atoms with E-state index in [2.05, 4.69) is 15.4 Å². The van der Waals surface area contributed by atoms with Gasteiger partial charge in [-0.2, -0.15) is 4.98 Å². The van der Waals surface area contributed by atoms with Crippen LogP contribution in [0.2, 0.25) is 0 Å². The smallest absolute Gasteiger partial charge is 0.329 e. The predicted molar refractivity (Wildman–Crippen MR) is 75.2 cm³/mol. The van der Waals surface area contributed by atoms with Crippen LogP contribution in [0.25, 0.3) is 0 Å². The molecule has 1 saturated heterocycles. The molecule has 10 nitrogen and oxygen atoms in total. The number of carbonyl (C=O) groups excluding carboxylic acids is 1. The molecule has 10 heteroatoms. The highest BCUT2D eigenvalue weighted by Crippen LogP contribution is 2.32. The molecule has 0 radical (unpaired) electrons. The number of nitrogens with two attached hydrogens (primary N) is 2. The number of primary amides is 1. The molecule has 1 aromatic heterocycles. The molecule has 1 aliphatic heterocycles. The van der Waals surface area contributed by atoms with E-state index < -0.39 is 10.8 Å². The van der Waals surface area contributed by atoms with Crippen LogP contribution in [-0.2, 0) is 4.79 Å². The molecule has 1 aliphatic rings. The molecule has 0 spiro atoms. The van der Waals surface area contributed by atoms with E-state index in [0.717, 1.165) is 6.20 Å². The van der Waals surface area contributed by atoms with Crippen LogP contribution in [0.4, 0.5) is 17.5 Å². The second kappa shape index (κ2) is 5.87. The number of hydrazine groups is 1. The number of nitrogens with zero attached hydrogens (tertiary/aromatic N) is 4. The summed E-state index contributed by atoms with van der Waals surface area (Å²) in [6.45, 7) is 2.21. The number of hydrogen-bond donors (Lipinski definition) is 3. The van der Waals surface area contributed by atoms with Gasteiger partial charge in [0.2, 0.25) is 17.7 Å². The van der Waals surface area contributed by atoms with E-state index in [1.807, 2.05) is 6.92 Å². The molecule has 2 heterocycles. The molecule has 1 fully saturated rings. The fraction of sp³-hybridized carbons (Fsp3) is 0.545. The summed E-state index contributed by atoms with van der Waals surface area (Å²) in [6.07, 6.45) is 2.45. The van der Waals surface area contributed by atoms with Crippen molar-refractivity contribution in [1.82, 2.24) is 9.97 Å². The molecule has 0 saturated carbocycles. The highest BCUT2D eigenvalue weighted by atomic mass is 16.6. The topological polar surface area (TPSA) is 153 Å². The third kappa shape index (κ3) is 2.99. The van der Waals surface area contributed by atoms with Crippen LogP contribution < -0.4 is 21.9 Å². The maximum atomic E-state index is 11.4. The Morgan fingerprint density at radius 1 is 1.57 bits per heavy atom. The summed E-state index contributed by atoms with van der Waals surface area (Å²) >= 11 is 0. The summed E-state index contributed by atoms with van der Waals surface area (Å²) in [5.41, 5.74) is 7.37. The highest BCUT2D eigenvalue weighted by Gasteiger charge is 2.33. The van der Waals surface area contributed by atoms with Gasteiger partial charge in [-0.05, 0) is 19.8 Å². The number of nitrogens with one attached hydrogen (secondary N) is 1. The minimum atomic E-state index is -0.559. The molecule has 2 rings (SSSR count). The summed E-state index contributed by atoms with van der Waals surface area (Å²) in [4.78, 5) is 31.5. The number of amides is 1. The van der Waals surface area contributed by atoms with Crippen LogP contribution in [0, 0.1) is 16.0 Å². The number of nitro groups is 1. The first kappa shape index (κ1) is 14.9. The molecule has 21 heavy (non-hydrogen) atoms. The molecule has 2 unspecified atom stereocenters. The third-order valence-electron chi connectivity index (χ3n) is 3.63. The second-order valence-corrected chi connectivity index (χ2v) is 4.98. The van der Waals surface area contributed by atoms with Crippen molar-refractivity contribution in [2.45, 2.75) is 25.8 Å². The SMILES string of the molecule is CC1CCC(C(N)=O)CN1c1nc(NN)ncc1[N+](=O)[O-]. The highest BCUT2D eigenvalue weighted by molar-refractivity contribution is 5.78. The van der Waals surface area contributed by atoms with Gasteiger partial charge in [0.15, 0.2) is 0 Å². The summed E-state index contributed by atoms with van der Waals surface area (Å²) < 4.78 is 0. The van der Waals surface area contributed by atoms with Crippen molar-refractivity contribution < 1.29 is 9.72 Å². The summed E-state index contributed by atoms with van der Waals surface area (Å²) in [5, 5.41) is 11.1. The maximum absolute atomic E-state index is 11.4. The van der Waals surface area contributed by atoms with Crippen molar-refractivity contribution >= 4 is 23.4 Å². The van der Waals surface area contributed by atoms with Crippen LogP contribution in [0.1, 0.15) is 19.8 Å². The van der Waals surface area contributed by atoms with Gasteiger partial charge in [-0.15, -0.1) is 0 Å². The zero-order valence-electron chi connectivity index (χ0n) is 11.5. The van der Waals surface area contributed by atoms with E-state index in [-0.39, 0.29) is 29.4 Å². The van der Waals surface area contributed by atoms with Crippen LogP contribution in [0.5, 0.6) is 0 Å². The second-order valence-electron chi connectivity index (χ2n) is 4.98. The van der Waals surface area contributed by atoms with Crippen LogP contribution in [0.15, 0.2) is 6.20 Å². The van der Waals surface area contributed by atoms with E-state index in [1.54, 1.807) is 4.90 Å². The number of anilines is 2. The van der Waals surface area contributed by atoms with E-state index >= 15 is 0 Å². The lowest BCUT2D eigenvalue weighted by molar-refractivity contribution is -0.384. The summed E-state index contributed by atoms with van der Waals surface area (Å²) in [6, 6.07) is -0.000163. The van der Waals surface area contributed by atoms with Gasteiger partial charge in [0.05, 0.1) is 10.8 Å². The van der Waals surface area contributed by atoms with Gasteiger partial charge in [-0.25, -0.2) is 10.8 Å². The molecule has 1 amide bonds. The largest absolute Gasteiger partial charge is 0.369 e. The first-order chi connectivity index (χ1) is 9.93.